The van der Waals surface area contributed by atoms with Gasteiger partial charge in [-0.1, -0.05) is 6.92 Å². The Labute approximate surface area is 79.7 Å². The summed E-state index contributed by atoms with van der Waals surface area (Å²) in [6, 6.07) is 0. The Balaban J connectivity index is 3.20. The summed E-state index contributed by atoms with van der Waals surface area (Å²) in [4.78, 5) is 10.9. The number of likely N-dealkylation sites (N-methyl/N-ethyl adjacent to an activating group) is 1. The van der Waals surface area contributed by atoms with Gasteiger partial charge in [-0.2, -0.15) is 0 Å². The van der Waals surface area contributed by atoms with Crippen LogP contribution in [-0.4, -0.2) is 37.8 Å². The highest BCUT2D eigenvalue weighted by Gasteiger charge is 2.00. The Morgan fingerprint density at radius 3 is 2.77 bits per heavy atom. The topological polar surface area (TPSA) is 61.4 Å². The van der Waals surface area contributed by atoms with Crippen molar-refractivity contribution in [2.75, 3.05) is 26.7 Å². The monoisotopic (exact) mass is 188 g/mol. The summed E-state index contributed by atoms with van der Waals surface area (Å²) >= 11 is 0. The fourth-order valence-corrected chi connectivity index (χ4v) is 0.993. The van der Waals surface area contributed by atoms with E-state index in [2.05, 4.69) is 10.6 Å². The quantitative estimate of drug-likeness (QED) is 0.482. The number of rotatable bonds is 7. The molecule has 0 aromatic carbocycles. The Bertz CT molecular complexity index is 140. The lowest BCUT2D eigenvalue weighted by molar-refractivity contribution is -0.120. The zero-order valence-electron chi connectivity index (χ0n) is 8.47. The Morgan fingerprint density at radius 2 is 2.23 bits per heavy atom. The van der Waals surface area contributed by atoms with E-state index in [-0.39, 0.29) is 12.5 Å². The van der Waals surface area contributed by atoms with Crippen LogP contribution in [0.2, 0.25) is 0 Å². The third-order valence-electron chi connectivity index (χ3n) is 1.84. The van der Waals surface area contributed by atoms with Crippen LogP contribution in [0.5, 0.6) is 0 Å². The van der Waals surface area contributed by atoms with Gasteiger partial charge in [0.25, 0.3) is 0 Å². The molecule has 3 N–H and O–H groups in total. The van der Waals surface area contributed by atoms with Crippen molar-refractivity contribution in [1.82, 2.24) is 10.6 Å². The zero-order chi connectivity index (χ0) is 10.1. The summed E-state index contributed by atoms with van der Waals surface area (Å²) in [5.41, 5.74) is 0. The first kappa shape index (κ1) is 12.4. The predicted molar refractivity (Wildman–Crippen MR) is 52.4 cm³/mol. The van der Waals surface area contributed by atoms with Gasteiger partial charge in [0, 0.05) is 13.2 Å². The number of hydrogen-bond donors (Lipinski definition) is 3. The van der Waals surface area contributed by atoms with Crippen molar-refractivity contribution in [3.8, 4) is 0 Å². The minimum absolute atomic E-state index is 0.0270. The summed E-state index contributed by atoms with van der Waals surface area (Å²) < 4.78 is 0. The lowest BCUT2D eigenvalue weighted by Gasteiger charge is -2.08. The molecule has 0 aromatic rings. The molecule has 0 fully saturated rings. The average Bonchev–Trinajstić information content (AvgIpc) is 2.12. The van der Waals surface area contributed by atoms with Gasteiger partial charge in [-0.05, 0) is 25.8 Å². The fourth-order valence-electron chi connectivity index (χ4n) is 0.993. The summed E-state index contributed by atoms with van der Waals surface area (Å²) in [5, 5.41) is 14.3. The van der Waals surface area contributed by atoms with Crippen LogP contribution >= 0.6 is 0 Å². The molecule has 78 valence electrons. The number of amides is 1. The maximum Gasteiger partial charge on any atom is 0.233 e. The number of nitrogens with one attached hydrogen (secondary N) is 2. The summed E-state index contributed by atoms with van der Waals surface area (Å²) in [6.07, 6.45) is 1.88. The van der Waals surface area contributed by atoms with Gasteiger partial charge in [-0.15, -0.1) is 0 Å². The van der Waals surface area contributed by atoms with Gasteiger partial charge in [0.2, 0.25) is 5.91 Å². The smallest absolute Gasteiger partial charge is 0.233 e. The second-order valence-electron chi connectivity index (χ2n) is 3.31. The van der Waals surface area contributed by atoms with Gasteiger partial charge in [-0.25, -0.2) is 0 Å². The van der Waals surface area contributed by atoms with E-state index in [1.165, 1.54) is 0 Å². The molecule has 0 heterocycles. The molecule has 1 unspecified atom stereocenters. The molecular formula is C9H20N2O2. The van der Waals surface area contributed by atoms with Crippen LogP contribution in [0.3, 0.4) is 0 Å². The Hall–Kier alpha value is -0.610. The van der Waals surface area contributed by atoms with Gasteiger partial charge in [0.1, 0.15) is 0 Å². The molecule has 0 spiro atoms. The molecule has 13 heavy (non-hydrogen) atoms. The van der Waals surface area contributed by atoms with Crippen LogP contribution in [-0.2, 0) is 4.79 Å². The van der Waals surface area contributed by atoms with Crippen LogP contribution in [0, 0.1) is 5.92 Å². The molecule has 0 saturated carbocycles. The van der Waals surface area contributed by atoms with Crippen LogP contribution in [0.25, 0.3) is 0 Å². The second-order valence-corrected chi connectivity index (χ2v) is 3.31. The van der Waals surface area contributed by atoms with Gasteiger partial charge in [0.15, 0.2) is 0 Å². The van der Waals surface area contributed by atoms with Crippen LogP contribution in [0.15, 0.2) is 0 Å². The van der Waals surface area contributed by atoms with Crippen LogP contribution in [0.1, 0.15) is 19.8 Å². The molecule has 0 aliphatic carbocycles. The van der Waals surface area contributed by atoms with Gasteiger partial charge in [0.05, 0.1) is 6.54 Å². The Morgan fingerprint density at radius 1 is 1.54 bits per heavy atom. The van der Waals surface area contributed by atoms with E-state index in [9.17, 15) is 4.79 Å². The number of aliphatic hydroxyl groups is 1. The standard InChI is InChI=1S/C9H20N2O2/c1-8(7-12)4-3-5-11-9(13)6-10-2/h8,10,12H,3-7H2,1-2H3,(H,11,13). The van der Waals surface area contributed by atoms with E-state index in [0.29, 0.717) is 19.0 Å². The van der Waals surface area contributed by atoms with Crippen molar-refractivity contribution in [1.29, 1.82) is 0 Å². The van der Waals surface area contributed by atoms with E-state index in [1.807, 2.05) is 6.92 Å². The SMILES string of the molecule is CNCC(=O)NCCCC(C)CO. The molecule has 0 aromatic heterocycles. The largest absolute Gasteiger partial charge is 0.396 e. The van der Waals surface area contributed by atoms with Crippen molar-refractivity contribution in [3.63, 3.8) is 0 Å². The second kappa shape index (κ2) is 8.01. The molecule has 0 bridgehead atoms. The van der Waals surface area contributed by atoms with Crippen molar-refractivity contribution in [2.24, 2.45) is 5.92 Å². The molecule has 0 radical (unpaired) electrons. The van der Waals surface area contributed by atoms with E-state index in [0.717, 1.165) is 12.8 Å². The van der Waals surface area contributed by atoms with Crippen molar-refractivity contribution >= 4 is 5.91 Å². The lowest BCUT2D eigenvalue weighted by atomic mass is 10.1. The average molecular weight is 188 g/mol. The fraction of sp³-hybridized carbons (Fsp3) is 0.889. The minimum Gasteiger partial charge on any atom is -0.396 e. The van der Waals surface area contributed by atoms with E-state index in [4.69, 9.17) is 5.11 Å². The molecule has 0 aliphatic heterocycles. The highest BCUT2D eigenvalue weighted by atomic mass is 16.3. The first-order chi connectivity index (χ1) is 6.20. The van der Waals surface area contributed by atoms with E-state index in [1.54, 1.807) is 7.05 Å². The third kappa shape index (κ3) is 7.74. The molecule has 1 amide bonds. The molecule has 0 rings (SSSR count). The summed E-state index contributed by atoms with van der Waals surface area (Å²) in [6.45, 7) is 3.29. The summed E-state index contributed by atoms with van der Waals surface area (Å²) in [7, 11) is 1.74. The molecule has 0 aliphatic rings. The predicted octanol–water partition coefficient (Wildman–Crippen LogP) is -0.269. The molecular weight excluding hydrogens is 168 g/mol. The maximum atomic E-state index is 10.9. The number of hydrogen-bond acceptors (Lipinski definition) is 3. The zero-order valence-corrected chi connectivity index (χ0v) is 8.47. The Kier molecular flexibility index (Phi) is 7.63. The molecule has 1 atom stereocenters. The highest BCUT2D eigenvalue weighted by Crippen LogP contribution is 2.02. The molecule has 4 heteroatoms. The van der Waals surface area contributed by atoms with Crippen molar-refractivity contribution in [2.45, 2.75) is 19.8 Å². The number of carbonyl (C=O) groups is 1. The van der Waals surface area contributed by atoms with Crippen molar-refractivity contribution < 1.29 is 9.90 Å². The summed E-state index contributed by atoms with van der Waals surface area (Å²) in [5.74, 6) is 0.361. The van der Waals surface area contributed by atoms with Crippen molar-refractivity contribution in [3.05, 3.63) is 0 Å². The first-order valence-corrected chi connectivity index (χ1v) is 4.72. The maximum absolute atomic E-state index is 10.9. The highest BCUT2D eigenvalue weighted by molar-refractivity contribution is 5.77. The minimum atomic E-state index is 0.0270. The first-order valence-electron chi connectivity index (χ1n) is 4.72. The van der Waals surface area contributed by atoms with E-state index >= 15 is 0 Å². The third-order valence-corrected chi connectivity index (χ3v) is 1.84. The molecule has 4 nitrogen and oxygen atoms in total. The van der Waals surface area contributed by atoms with Gasteiger partial charge in [-0.3, -0.25) is 4.79 Å². The van der Waals surface area contributed by atoms with Crippen LogP contribution < -0.4 is 10.6 Å². The van der Waals surface area contributed by atoms with Gasteiger partial charge < -0.3 is 15.7 Å². The van der Waals surface area contributed by atoms with E-state index < -0.39 is 0 Å². The number of carbonyl (C=O) groups excluding carboxylic acids is 1. The van der Waals surface area contributed by atoms with Crippen LogP contribution in [0.4, 0.5) is 0 Å². The lowest BCUT2D eigenvalue weighted by Crippen LogP contribution is -2.32. The molecule has 0 saturated heterocycles. The number of aliphatic hydroxyl groups excluding tert-OH is 1. The van der Waals surface area contributed by atoms with Gasteiger partial charge >= 0.3 is 0 Å². The normalized spacial score (nSPS) is 12.5.